The van der Waals surface area contributed by atoms with Crippen LogP contribution in [0, 0.1) is 0 Å². The SMILES string of the molecule is COc1cccc(/C=C2/N=C(C)OC2=O)c1OCCc1ccccc1. The van der Waals surface area contributed by atoms with Gasteiger partial charge in [0.25, 0.3) is 0 Å². The molecule has 0 N–H and O–H groups in total. The van der Waals surface area contributed by atoms with Crippen molar-refractivity contribution in [3.8, 4) is 11.5 Å². The van der Waals surface area contributed by atoms with Crippen LogP contribution in [0.3, 0.4) is 0 Å². The van der Waals surface area contributed by atoms with Crippen LogP contribution in [-0.4, -0.2) is 25.6 Å². The Morgan fingerprint density at radius 1 is 1.12 bits per heavy atom. The standard InChI is InChI=1S/C20H19NO4/c1-14-21-17(20(22)25-14)13-16-9-6-10-18(23-2)19(16)24-12-11-15-7-4-3-5-8-15/h3-10,13H,11-12H2,1-2H3/b17-13+. The number of hydrogen-bond acceptors (Lipinski definition) is 5. The molecule has 0 aliphatic carbocycles. The largest absolute Gasteiger partial charge is 0.493 e. The van der Waals surface area contributed by atoms with Crippen molar-refractivity contribution < 1.29 is 19.0 Å². The van der Waals surface area contributed by atoms with E-state index in [0.29, 0.717) is 24.0 Å². The third-order valence-electron chi connectivity index (χ3n) is 3.73. The summed E-state index contributed by atoms with van der Waals surface area (Å²) < 4.78 is 16.3. The van der Waals surface area contributed by atoms with E-state index in [-0.39, 0.29) is 5.70 Å². The summed E-state index contributed by atoms with van der Waals surface area (Å²) in [6.45, 7) is 2.13. The third-order valence-corrected chi connectivity index (χ3v) is 3.73. The van der Waals surface area contributed by atoms with Gasteiger partial charge in [0.2, 0.25) is 0 Å². The summed E-state index contributed by atoms with van der Waals surface area (Å²) >= 11 is 0. The van der Waals surface area contributed by atoms with Gasteiger partial charge in [0.05, 0.1) is 13.7 Å². The predicted octanol–water partition coefficient (Wildman–Crippen LogP) is 3.63. The summed E-state index contributed by atoms with van der Waals surface area (Å²) in [7, 11) is 1.59. The molecule has 0 bridgehead atoms. The molecule has 1 aliphatic rings. The Hall–Kier alpha value is -3.08. The molecular weight excluding hydrogens is 318 g/mol. The Kier molecular flexibility index (Phi) is 5.14. The average Bonchev–Trinajstić information content (AvgIpc) is 2.94. The first kappa shape index (κ1) is 16.8. The van der Waals surface area contributed by atoms with Gasteiger partial charge in [0, 0.05) is 18.9 Å². The second kappa shape index (κ2) is 7.66. The molecule has 3 rings (SSSR count). The molecule has 0 unspecified atom stereocenters. The molecule has 2 aromatic rings. The lowest BCUT2D eigenvalue weighted by Gasteiger charge is -2.13. The molecule has 5 heteroatoms. The molecule has 5 nitrogen and oxygen atoms in total. The molecule has 25 heavy (non-hydrogen) atoms. The van der Waals surface area contributed by atoms with Crippen LogP contribution < -0.4 is 9.47 Å². The Balaban J connectivity index is 1.82. The van der Waals surface area contributed by atoms with Gasteiger partial charge in [-0.1, -0.05) is 42.5 Å². The maximum atomic E-state index is 11.8. The van der Waals surface area contributed by atoms with Gasteiger partial charge in [-0.25, -0.2) is 9.79 Å². The van der Waals surface area contributed by atoms with Crippen molar-refractivity contribution >= 4 is 17.9 Å². The van der Waals surface area contributed by atoms with Crippen LogP contribution in [0.1, 0.15) is 18.1 Å². The second-order valence-corrected chi connectivity index (χ2v) is 5.51. The monoisotopic (exact) mass is 337 g/mol. The number of aliphatic imine (C=N–C) groups is 1. The molecule has 0 fully saturated rings. The highest BCUT2D eigenvalue weighted by molar-refractivity contribution is 6.06. The number of benzene rings is 2. The second-order valence-electron chi connectivity index (χ2n) is 5.51. The molecule has 0 aromatic heterocycles. The summed E-state index contributed by atoms with van der Waals surface area (Å²) in [6.07, 6.45) is 2.42. The first-order chi connectivity index (χ1) is 12.2. The molecular formula is C20H19NO4. The average molecular weight is 337 g/mol. The number of hydrogen-bond donors (Lipinski definition) is 0. The Morgan fingerprint density at radius 3 is 2.60 bits per heavy atom. The molecule has 0 amide bonds. The third kappa shape index (κ3) is 4.07. The Morgan fingerprint density at radius 2 is 1.92 bits per heavy atom. The summed E-state index contributed by atoms with van der Waals surface area (Å²) in [5.41, 5.74) is 2.16. The minimum absolute atomic E-state index is 0.249. The van der Waals surface area contributed by atoms with Crippen molar-refractivity contribution in [2.45, 2.75) is 13.3 Å². The van der Waals surface area contributed by atoms with Gasteiger partial charge in [-0.2, -0.15) is 0 Å². The van der Waals surface area contributed by atoms with Gasteiger partial charge < -0.3 is 14.2 Å². The Bertz CT molecular complexity index is 825. The minimum Gasteiger partial charge on any atom is -0.493 e. The fraction of sp³-hybridized carbons (Fsp3) is 0.200. The van der Waals surface area contributed by atoms with Crippen LogP contribution in [0.4, 0.5) is 0 Å². The summed E-state index contributed by atoms with van der Waals surface area (Å²) in [5.74, 6) is 1.07. The van der Waals surface area contributed by atoms with Gasteiger partial charge in [0.1, 0.15) is 0 Å². The lowest BCUT2D eigenvalue weighted by Crippen LogP contribution is -2.04. The van der Waals surface area contributed by atoms with E-state index in [0.717, 1.165) is 12.0 Å². The summed E-state index contributed by atoms with van der Waals surface area (Å²) in [4.78, 5) is 15.9. The summed E-state index contributed by atoms with van der Waals surface area (Å²) in [5, 5.41) is 0. The first-order valence-corrected chi connectivity index (χ1v) is 8.00. The van der Waals surface area contributed by atoms with Crippen molar-refractivity contribution in [3.05, 3.63) is 65.4 Å². The first-order valence-electron chi connectivity index (χ1n) is 8.00. The van der Waals surface area contributed by atoms with Crippen molar-refractivity contribution in [3.63, 3.8) is 0 Å². The molecule has 128 valence electrons. The molecule has 0 radical (unpaired) electrons. The maximum absolute atomic E-state index is 11.8. The maximum Gasteiger partial charge on any atom is 0.363 e. The summed E-state index contributed by atoms with van der Waals surface area (Å²) in [6, 6.07) is 15.6. The molecule has 2 aromatic carbocycles. The van der Waals surface area contributed by atoms with Gasteiger partial charge in [-0.3, -0.25) is 0 Å². The quantitative estimate of drug-likeness (QED) is 0.596. The molecule has 0 saturated heterocycles. The van der Waals surface area contributed by atoms with E-state index in [1.165, 1.54) is 5.56 Å². The van der Waals surface area contributed by atoms with E-state index in [1.54, 1.807) is 20.1 Å². The Labute approximate surface area is 146 Å². The lowest BCUT2D eigenvalue weighted by molar-refractivity contribution is -0.130. The van der Waals surface area contributed by atoms with Crippen LogP contribution in [0.5, 0.6) is 11.5 Å². The van der Waals surface area contributed by atoms with E-state index >= 15 is 0 Å². The molecule has 0 saturated carbocycles. The topological polar surface area (TPSA) is 57.1 Å². The lowest BCUT2D eigenvalue weighted by atomic mass is 10.1. The van der Waals surface area contributed by atoms with E-state index < -0.39 is 5.97 Å². The van der Waals surface area contributed by atoms with Crippen molar-refractivity contribution in [1.82, 2.24) is 0 Å². The number of esters is 1. The van der Waals surface area contributed by atoms with Crippen LogP contribution in [0.15, 0.2) is 59.2 Å². The van der Waals surface area contributed by atoms with Gasteiger partial charge in [-0.05, 0) is 17.7 Å². The molecule has 0 atom stereocenters. The van der Waals surface area contributed by atoms with Crippen molar-refractivity contribution in [1.29, 1.82) is 0 Å². The zero-order valence-corrected chi connectivity index (χ0v) is 14.2. The zero-order valence-electron chi connectivity index (χ0n) is 14.2. The van der Waals surface area contributed by atoms with Gasteiger partial charge in [-0.15, -0.1) is 0 Å². The molecule has 1 aliphatic heterocycles. The number of carbonyl (C=O) groups is 1. The van der Waals surface area contributed by atoms with E-state index in [2.05, 4.69) is 17.1 Å². The normalized spacial score (nSPS) is 15.0. The number of nitrogens with zero attached hydrogens (tertiary/aromatic N) is 1. The number of carbonyl (C=O) groups excluding carboxylic acids is 1. The fourth-order valence-corrected chi connectivity index (χ4v) is 2.54. The van der Waals surface area contributed by atoms with Crippen LogP contribution in [0.2, 0.25) is 0 Å². The van der Waals surface area contributed by atoms with Crippen LogP contribution in [0.25, 0.3) is 6.08 Å². The highest BCUT2D eigenvalue weighted by Gasteiger charge is 2.21. The number of ether oxygens (including phenoxy) is 3. The van der Waals surface area contributed by atoms with Gasteiger partial charge in [0.15, 0.2) is 23.1 Å². The van der Waals surface area contributed by atoms with Crippen molar-refractivity contribution in [2.75, 3.05) is 13.7 Å². The van der Waals surface area contributed by atoms with Gasteiger partial charge >= 0.3 is 5.97 Å². The van der Waals surface area contributed by atoms with Crippen LogP contribution >= 0.6 is 0 Å². The van der Waals surface area contributed by atoms with Crippen LogP contribution in [-0.2, 0) is 16.0 Å². The van der Waals surface area contributed by atoms with Crippen molar-refractivity contribution in [2.24, 2.45) is 4.99 Å². The number of methoxy groups -OCH3 is 1. The number of para-hydroxylation sites is 1. The zero-order chi connectivity index (χ0) is 17.6. The predicted molar refractivity (Wildman–Crippen MR) is 95.8 cm³/mol. The molecule has 1 heterocycles. The fourth-order valence-electron chi connectivity index (χ4n) is 2.54. The molecule has 0 spiro atoms. The number of rotatable bonds is 6. The highest BCUT2D eigenvalue weighted by Crippen LogP contribution is 2.33. The minimum atomic E-state index is -0.462. The highest BCUT2D eigenvalue weighted by atomic mass is 16.6. The van der Waals surface area contributed by atoms with E-state index in [9.17, 15) is 4.79 Å². The smallest absolute Gasteiger partial charge is 0.363 e. The van der Waals surface area contributed by atoms with E-state index in [1.807, 2.05) is 36.4 Å². The van der Waals surface area contributed by atoms with E-state index in [4.69, 9.17) is 14.2 Å². The number of cyclic esters (lactones) is 1.